The molecule has 0 fully saturated rings. The molecule has 3 rings (SSSR count). The molecule has 1 heterocycles. The number of nitrogens with one attached hydrogen (secondary N) is 2. The van der Waals surface area contributed by atoms with E-state index in [1.807, 2.05) is 18.2 Å². The van der Waals surface area contributed by atoms with Gasteiger partial charge in [0.25, 0.3) is 0 Å². The monoisotopic (exact) mass is 403 g/mol. The number of alkyl halides is 3. The molecule has 1 aliphatic heterocycles. The van der Waals surface area contributed by atoms with Crippen LogP contribution in [0, 0.1) is 11.8 Å². The summed E-state index contributed by atoms with van der Waals surface area (Å²) in [5.74, 6) is 7.34. The van der Waals surface area contributed by atoms with Crippen LogP contribution in [0.4, 0.5) is 18.9 Å². The molecule has 0 atom stereocenters. The molecular formula is C21H20F3N3O2. The summed E-state index contributed by atoms with van der Waals surface area (Å²) in [6, 6.07) is 10.4. The second kappa shape index (κ2) is 9.24. The Morgan fingerprint density at radius 2 is 1.90 bits per heavy atom. The number of rotatable bonds is 2. The maximum atomic E-state index is 12.7. The third-order valence-electron chi connectivity index (χ3n) is 4.00. The number of halogens is 3. The van der Waals surface area contributed by atoms with E-state index in [1.54, 1.807) is 7.05 Å². The zero-order valence-corrected chi connectivity index (χ0v) is 15.8. The summed E-state index contributed by atoms with van der Waals surface area (Å²) in [6.07, 6.45) is -3.56. The standard InChI is InChI=1S/C21H20F3N3O2/c1-25-20(27-17-8-9-18-19(14-17)29-12-4-11-28-18)26-10-3-6-15-5-2-7-16(13-15)21(22,23)24/h2,5,7-9,13-14H,4,10-12H2,1H3,(H2,25,26,27). The summed E-state index contributed by atoms with van der Waals surface area (Å²) in [7, 11) is 1.61. The molecule has 29 heavy (non-hydrogen) atoms. The van der Waals surface area contributed by atoms with Crippen LogP contribution >= 0.6 is 0 Å². The molecule has 0 bridgehead atoms. The van der Waals surface area contributed by atoms with Gasteiger partial charge in [0.15, 0.2) is 17.5 Å². The van der Waals surface area contributed by atoms with Gasteiger partial charge in [0, 0.05) is 30.8 Å². The molecule has 0 aromatic heterocycles. The number of hydrogen-bond donors (Lipinski definition) is 2. The minimum atomic E-state index is -4.38. The van der Waals surface area contributed by atoms with Gasteiger partial charge >= 0.3 is 6.18 Å². The molecule has 0 saturated carbocycles. The fourth-order valence-corrected chi connectivity index (χ4v) is 2.60. The average molecular weight is 403 g/mol. The van der Waals surface area contributed by atoms with E-state index < -0.39 is 11.7 Å². The summed E-state index contributed by atoms with van der Waals surface area (Å²) in [4.78, 5) is 4.11. The van der Waals surface area contributed by atoms with Crippen LogP contribution in [0.25, 0.3) is 0 Å². The first-order chi connectivity index (χ1) is 14.0. The molecule has 2 aromatic carbocycles. The van der Waals surface area contributed by atoms with E-state index in [0.717, 1.165) is 24.2 Å². The highest BCUT2D eigenvalue weighted by Gasteiger charge is 2.30. The zero-order valence-electron chi connectivity index (χ0n) is 15.8. The molecule has 0 saturated heterocycles. The van der Waals surface area contributed by atoms with Crippen molar-refractivity contribution in [2.24, 2.45) is 4.99 Å². The fraction of sp³-hybridized carbons (Fsp3) is 0.286. The highest BCUT2D eigenvalue weighted by Crippen LogP contribution is 2.32. The van der Waals surface area contributed by atoms with Gasteiger partial charge in [0.05, 0.1) is 25.3 Å². The average Bonchev–Trinajstić information content (AvgIpc) is 2.95. The molecule has 2 N–H and O–H groups in total. The minimum Gasteiger partial charge on any atom is -0.490 e. The second-order valence-corrected chi connectivity index (χ2v) is 6.14. The summed E-state index contributed by atoms with van der Waals surface area (Å²) < 4.78 is 49.5. The second-order valence-electron chi connectivity index (χ2n) is 6.14. The first-order valence-electron chi connectivity index (χ1n) is 8.99. The van der Waals surface area contributed by atoms with Gasteiger partial charge in [-0.25, -0.2) is 0 Å². The third-order valence-corrected chi connectivity index (χ3v) is 4.00. The van der Waals surface area contributed by atoms with Crippen molar-refractivity contribution in [2.75, 3.05) is 32.1 Å². The number of ether oxygens (including phenoxy) is 2. The lowest BCUT2D eigenvalue weighted by Gasteiger charge is -2.12. The van der Waals surface area contributed by atoms with Gasteiger partial charge in [0.2, 0.25) is 0 Å². The molecule has 0 unspecified atom stereocenters. The van der Waals surface area contributed by atoms with E-state index in [4.69, 9.17) is 9.47 Å². The minimum absolute atomic E-state index is 0.209. The Kier molecular flexibility index (Phi) is 6.50. The van der Waals surface area contributed by atoms with E-state index in [9.17, 15) is 13.2 Å². The van der Waals surface area contributed by atoms with Crippen LogP contribution in [0.3, 0.4) is 0 Å². The Bertz CT molecular complexity index is 946. The van der Waals surface area contributed by atoms with Crippen molar-refractivity contribution in [3.63, 3.8) is 0 Å². The van der Waals surface area contributed by atoms with Crippen LogP contribution in [-0.4, -0.2) is 32.8 Å². The fourth-order valence-electron chi connectivity index (χ4n) is 2.60. The third kappa shape index (κ3) is 5.82. The van der Waals surface area contributed by atoms with Gasteiger partial charge in [-0.1, -0.05) is 17.9 Å². The van der Waals surface area contributed by atoms with Crippen LogP contribution in [0.1, 0.15) is 17.5 Å². The molecule has 1 aliphatic rings. The number of aliphatic imine (C=N–C) groups is 1. The van der Waals surface area contributed by atoms with Crippen LogP contribution in [0.2, 0.25) is 0 Å². The van der Waals surface area contributed by atoms with Crippen LogP contribution < -0.4 is 20.1 Å². The molecule has 0 radical (unpaired) electrons. The molecule has 8 heteroatoms. The summed E-state index contributed by atoms with van der Waals surface area (Å²) in [6.45, 7) is 1.42. The molecule has 0 spiro atoms. The smallest absolute Gasteiger partial charge is 0.416 e. The van der Waals surface area contributed by atoms with Gasteiger partial charge in [-0.15, -0.1) is 0 Å². The zero-order chi connectivity index (χ0) is 20.7. The number of fused-ring (bicyclic) bond motifs is 1. The SMILES string of the molecule is CN=C(NCC#Cc1cccc(C(F)(F)F)c1)Nc1ccc2c(c1)OCCCO2. The molecular weight excluding hydrogens is 383 g/mol. The number of guanidine groups is 1. The van der Waals surface area contributed by atoms with Gasteiger partial charge in [-0.3, -0.25) is 4.99 Å². The van der Waals surface area contributed by atoms with E-state index in [0.29, 0.717) is 36.2 Å². The molecule has 152 valence electrons. The van der Waals surface area contributed by atoms with Crippen LogP contribution in [-0.2, 0) is 6.18 Å². The number of anilines is 1. The van der Waals surface area contributed by atoms with Crippen molar-refractivity contribution in [3.05, 3.63) is 53.6 Å². The topological polar surface area (TPSA) is 54.9 Å². The lowest BCUT2D eigenvalue weighted by Crippen LogP contribution is -2.30. The van der Waals surface area contributed by atoms with Gasteiger partial charge in [0.1, 0.15) is 0 Å². The molecule has 5 nitrogen and oxygen atoms in total. The quantitative estimate of drug-likeness (QED) is 0.454. The summed E-state index contributed by atoms with van der Waals surface area (Å²) in [5, 5.41) is 6.11. The van der Waals surface area contributed by atoms with Gasteiger partial charge in [-0.2, -0.15) is 13.2 Å². The Morgan fingerprint density at radius 1 is 1.10 bits per heavy atom. The maximum Gasteiger partial charge on any atom is 0.416 e. The summed E-state index contributed by atoms with van der Waals surface area (Å²) >= 11 is 0. The molecule has 0 aliphatic carbocycles. The van der Waals surface area contributed by atoms with Crippen molar-refractivity contribution in [1.29, 1.82) is 0 Å². The lowest BCUT2D eigenvalue weighted by molar-refractivity contribution is -0.137. The first kappa shape index (κ1) is 20.4. The largest absolute Gasteiger partial charge is 0.490 e. The van der Waals surface area contributed by atoms with E-state index >= 15 is 0 Å². The maximum absolute atomic E-state index is 12.7. The highest BCUT2D eigenvalue weighted by atomic mass is 19.4. The number of hydrogen-bond acceptors (Lipinski definition) is 3. The van der Waals surface area contributed by atoms with Crippen molar-refractivity contribution < 1.29 is 22.6 Å². The highest BCUT2D eigenvalue weighted by molar-refractivity contribution is 5.94. The van der Waals surface area contributed by atoms with E-state index in [2.05, 4.69) is 27.5 Å². The van der Waals surface area contributed by atoms with Crippen molar-refractivity contribution >= 4 is 11.6 Å². The lowest BCUT2D eigenvalue weighted by atomic mass is 10.1. The summed E-state index contributed by atoms with van der Waals surface area (Å²) in [5.41, 5.74) is 0.338. The van der Waals surface area contributed by atoms with Crippen LogP contribution in [0.5, 0.6) is 11.5 Å². The predicted molar refractivity (Wildman–Crippen MR) is 105 cm³/mol. The van der Waals surface area contributed by atoms with Crippen molar-refractivity contribution in [1.82, 2.24) is 5.32 Å². The van der Waals surface area contributed by atoms with Gasteiger partial charge in [-0.05, 0) is 30.3 Å². The Labute approximate surface area is 166 Å². The normalized spacial score (nSPS) is 13.7. The number of nitrogens with zero attached hydrogens (tertiary/aromatic N) is 1. The Hall–Kier alpha value is -3.34. The molecule has 2 aromatic rings. The Morgan fingerprint density at radius 3 is 2.66 bits per heavy atom. The van der Waals surface area contributed by atoms with Crippen molar-refractivity contribution in [3.8, 4) is 23.3 Å². The first-order valence-corrected chi connectivity index (χ1v) is 8.99. The van der Waals surface area contributed by atoms with Gasteiger partial charge < -0.3 is 20.1 Å². The van der Waals surface area contributed by atoms with E-state index in [-0.39, 0.29) is 6.54 Å². The predicted octanol–water partition coefficient (Wildman–Crippen LogP) is 3.91. The molecule has 0 amide bonds. The van der Waals surface area contributed by atoms with E-state index in [1.165, 1.54) is 12.1 Å². The van der Waals surface area contributed by atoms with Crippen LogP contribution in [0.15, 0.2) is 47.5 Å². The van der Waals surface area contributed by atoms with Crippen molar-refractivity contribution in [2.45, 2.75) is 12.6 Å². The number of benzene rings is 2. The Balaban J connectivity index is 1.58.